The summed E-state index contributed by atoms with van der Waals surface area (Å²) in [6.45, 7) is -0.481. The van der Waals surface area contributed by atoms with Crippen LogP contribution in [0.25, 0.3) is 0 Å². The fourth-order valence-corrected chi connectivity index (χ4v) is 5.91. The normalized spacial score (nSPS) is 13.2. The maximum atomic E-state index is 14.0. The number of hydrogen-bond acceptors (Lipinski definition) is 5. The van der Waals surface area contributed by atoms with Crippen LogP contribution < -0.4 is 5.32 Å². The number of carboxylic acid groups (broad SMARTS) is 1. The fraction of sp³-hybridized carbons (Fsp3) is 0.742. The zero-order chi connectivity index (χ0) is 31.2. The SMILES string of the molecule is CS(=O)(=O)c1ccc([C@@H](CCCCCCCCCCCCCCCCCCOC(=O)O)[C@@H](CF)NC(=O)C(Cl)Cl)cc1. The Kier molecular flexibility index (Phi) is 21.0. The van der Waals surface area contributed by atoms with Crippen LogP contribution in [-0.4, -0.2) is 56.0 Å². The van der Waals surface area contributed by atoms with Gasteiger partial charge in [-0.15, -0.1) is 0 Å². The number of rotatable bonds is 25. The first kappa shape index (κ1) is 38.4. The highest BCUT2D eigenvalue weighted by atomic mass is 35.5. The predicted molar refractivity (Wildman–Crippen MR) is 168 cm³/mol. The molecule has 2 N–H and O–H groups in total. The Morgan fingerprint density at radius 1 is 0.810 bits per heavy atom. The smallest absolute Gasteiger partial charge is 0.450 e. The number of alkyl halides is 3. The van der Waals surface area contributed by atoms with Gasteiger partial charge in [0, 0.05) is 12.2 Å². The molecule has 0 aliphatic rings. The molecule has 0 saturated carbocycles. The molecule has 11 heteroatoms. The third-order valence-corrected chi connectivity index (χ3v) is 9.07. The van der Waals surface area contributed by atoms with Gasteiger partial charge in [0.1, 0.15) is 6.67 Å². The van der Waals surface area contributed by atoms with Gasteiger partial charge in [0.15, 0.2) is 14.7 Å². The highest BCUT2D eigenvalue weighted by Crippen LogP contribution is 2.28. The van der Waals surface area contributed by atoms with Crippen LogP contribution in [0, 0.1) is 0 Å². The molecule has 1 rings (SSSR count). The molecule has 0 aliphatic carbocycles. The fourth-order valence-electron chi connectivity index (χ4n) is 5.16. The maximum absolute atomic E-state index is 14.0. The van der Waals surface area contributed by atoms with Crippen molar-refractivity contribution < 1.29 is 32.2 Å². The second-order valence-corrected chi connectivity index (χ2v) is 14.2. The van der Waals surface area contributed by atoms with Gasteiger partial charge in [-0.25, -0.2) is 17.6 Å². The Hall–Kier alpha value is -1.58. The highest BCUT2D eigenvalue weighted by molar-refractivity contribution is 7.90. The van der Waals surface area contributed by atoms with Gasteiger partial charge in [0.2, 0.25) is 0 Å². The standard InChI is InChI=1S/C31H50Cl2FNO6S/c1-42(39,40)26-21-19-25(20-22-26)27(28(24-34)35-30(36)29(32)33)18-16-14-12-10-8-6-4-2-3-5-7-9-11-13-15-17-23-41-31(37)38/h19-22,27-29H,2-18,23-24H2,1H3,(H,35,36)(H,37,38)/t27-,28-/m1/s1. The lowest BCUT2D eigenvalue weighted by Gasteiger charge is -2.27. The first-order valence-electron chi connectivity index (χ1n) is 15.4. The van der Waals surface area contributed by atoms with Crippen molar-refractivity contribution in [2.24, 2.45) is 0 Å². The number of carbonyl (C=O) groups excluding carboxylic acids is 1. The van der Waals surface area contributed by atoms with Gasteiger partial charge in [-0.05, 0) is 30.5 Å². The third-order valence-electron chi connectivity index (χ3n) is 7.55. The van der Waals surface area contributed by atoms with E-state index in [9.17, 15) is 22.4 Å². The van der Waals surface area contributed by atoms with Crippen molar-refractivity contribution in [3.63, 3.8) is 0 Å². The summed E-state index contributed by atoms with van der Waals surface area (Å²) in [5, 5.41) is 11.0. The van der Waals surface area contributed by atoms with Gasteiger partial charge in [-0.1, -0.05) is 132 Å². The van der Waals surface area contributed by atoms with Crippen LogP contribution in [0.1, 0.15) is 121 Å². The summed E-state index contributed by atoms with van der Waals surface area (Å²) < 4.78 is 42.2. The number of halogens is 3. The van der Waals surface area contributed by atoms with Crippen molar-refractivity contribution in [1.29, 1.82) is 0 Å². The van der Waals surface area contributed by atoms with Crippen molar-refractivity contribution in [3.8, 4) is 0 Å². The molecule has 0 fully saturated rings. The van der Waals surface area contributed by atoms with E-state index in [0.29, 0.717) is 13.0 Å². The number of unbranched alkanes of at least 4 members (excludes halogenated alkanes) is 15. The van der Waals surface area contributed by atoms with E-state index in [1.54, 1.807) is 12.1 Å². The van der Waals surface area contributed by atoms with Gasteiger partial charge in [-0.3, -0.25) is 4.79 Å². The van der Waals surface area contributed by atoms with Crippen LogP contribution in [0.15, 0.2) is 29.2 Å². The Balaban J connectivity index is 2.24. The van der Waals surface area contributed by atoms with Crippen molar-refractivity contribution in [3.05, 3.63) is 29.8 Å². The molecule has 1 amide bonds. The molecule has 42 heavy (non-hydrogen) atoms. The summed E-state index contributed by atoms with van der Waals surface area (Å²) in [4.78, 5) is 21.2. The van der Waals surface area contributed by atoms with Crippen molar-refractivity contribution in [2.75, 3.05) is 19.5 Å². The molecule has 0 spiro atoms. The number of benzene rings is 1. The molecule has 1 aromatic rings. The molecule has 0 unspecified atom stereocenters. The van der Waals surface area contributed by atoms with Gasteiger partial charge in [-0.2, -0.15) is 0 Å². The van der Waals surface area contributed by atoms with E-state index in [0.717, 1.165) is 56.8 Å². The largest absolute Gasteiger partial charge is 0.505 e. The van der Waals surface area contributed by atoms with Crippen LogP contribution >= 0.6 is 23.2 Å². The van der Waals surface area contributed by atoms with Crippen molar-refractivity contribution in [1.82, 2.24) is 5.32 Å². The minimum atomic E-state index is -3.34. The average molecular weight is 655 g/mol. The van der Waals surface area contributed by atoms with E-state index in [1.807, 2.05) is 0 Å². The molecule has 0 aromatic heterocycles. The summed E-state index contributed by atoms with van der Waals surface area (Å²) in [6.07, 6.45) is 18.9. The molecule has 0 bridgehead atoms. The third kappa shape index (κ3) is 18.2. The Morgan fingerprint density at radius 3 is 1.62 bits per heavy atom. The van der Waals surface area contributed by atoms with Crippen LogP contribution in [-0.2, 0) is 19.4 Å². The monoisotopic (exact) mass is 653 g/mol. The summed E-state index contributed by atoms with van der Waals surface area (Å²) >= 11 is 11.3. The first-order valence-corrected chi connectivity index (χ1v) is 18.1. The predicted octanol–water partition coefficient (Wildman–Crippen LogP) is 8.76. The minimum Gasteiger partial charge on any atom is -0.450 e. The van der Waals surface area contributed by atoms with Gasteiger partial charge in [0.25, 0.3) is 5.91 Å². The first-order chi connectivity index (χ1) is 20.1. The van der Waals surface area contributed by atoms with Crippen LogP contribution in [0.3, 0.4) is 0 Å². The number of nitrogens with one attached hydrogen (secondary N) is 1. The van der Waals surface area contributed by atoms with E-state index in [1.165, 1.54) is 69.9 Å². The molecular weight excluding hydrogens is 604 g/mol. The topological polar surface area (TPSA) is 110 Å². The van der Waals surface area contributed by atoms with Crippen molar-refractivity contribution >= 4 is 45.1 Å². The van der Waals surface area contributed by atoms with Crippen molar-refractivity contribution in [2.45, 2.75) is 131 Å². The molecular formula is C31H50Cl2FNO6S. The number of carbonyl (C=O) groups is 2. The summed E-state index contributed by atoms with van der Waals surface area (Å²) in [5.41, 5.74) is 0.772. The zero-order valence-corrected chi connectivity index (χ0v) is 27.3. The van der Waals surface area contributed by atoms with E-state index < -0.39 is 39.5 Å². The molecule has 2 atom stereocenters. The molecule has 0 aliphatic heterocycles. The summed E-state index contributed by atoms with van der Waals surface area (Å²) in [6, 6.07) is 5.63. The number of amides is 1. The molecule has 242 valence electrons. The Morgan fingerprint density at radius 2 is 1.24 bits per heavy atom. The number of sulfone groups is 1. The molecule has 0 radical (unpaired) electrons. The number of ether oxygens (including phenoxy) is 1. The zero-order valence-electron chi connectivity index (χ0n) is 25.0. The molecule has 0 saturated heterocycles. The second kappa shape index (κ2) is 22.9. The van der Waals surface area contributed by atoms with Gasteiger partial charge < -0.3 is 15.2 Å². The van der Waals surface area contributed by atoms with Crippen LogP contribution in [0.2, 0.25) is 0 Å². The quantitative estimate of drug-likeness (QED) is 0.0620. The lowest BCUT2D eigenvalue weighted by Crippen LogP contribution is -2.43. The van der Waals surface area contributed by atoms with Gasteiger partial charge >= 0.3 is 6.16 Å². The second-order valence-electron chi connectivity index (χ2n) is 11.1. The lowest BCUT2D eigenvalue weighted by molar-refractivity contribution is -0.120. The van der Waals surface area contributed by atoms with Crippen LogP contribution in [0.4, 0.5) is 9.18 Å². The Bertz CT molecular complexity index is 978. The van der Waals surface area contributed by atoms with Gasteiger partial charge in [0.05, 0.1) is 17.5 Å². The minimum absolute atomic E-state index is 0.196. The molecule has 1 aromatic carbocycles. The molecule has 0 heterocycles. The van der Waals surface area contributed by atoms with E-state index in [-0.39, 0.29) is 10.8 Å². The highest BCUT2D eigenvalue weighted by Gasteiger charge is 2.27. The average Bonchev–Trinajstić information content (AvgIpc) is 2.94. The summed E-state index contributed by atoms with van der Waals surface area (Å²) in [5.74, 6) is -0.963. The molecule has 7 nitrogen and oxygen atoms in total. The lowest BCUT2D eigenvalue weighted by atomic mass is 9.87. The van der Waals surface area contributed by atoms with E-state index in [4.69, 9.17) is 28.3 Å². The number of hydrogen-bond donors (Lipinski definition) is 2. The van der Waals surface area contributed by atoms with E-state index >= 15 is 0 Å². The van der Waals surface area contributed by atoms with Crippen LogP contribution in [0.5, 0.6) is 0 Å². The maximum Gasteiger partial charge on any atom is 0.505 e. The van der Waals surface area contributed by atoms with E-state index in [2.05, 4.69) is 10.1 Å². The summed E-state index contributed by atoms with van der Waals surface area (Å²) in [7, 11) is -3.34. The Labute approximate surface area is 262 Å².